The SMILES string of the molecule is C.CC(NP(=O)(c1ccccc1)c1ccccc1)c1ccccc1.O=P(N=Cc1ccccc1)(c1ccccc1)c1ccccc1. The Labute approximate surface area is 273 Å². The van der Waals surface area contributed by atoms with Gasteiger partial charge in [-0.1, -0.05) is 141 Å². The van der Waals surface area contributed by atoms with Crippen molar-refractivity contribution >= 4 is 42.0 Å². The summed E-state index contributed by atoms with van der Waals surface area (Å²) >= 11 is 0. The van der Waals surface area contributed by atoms with Crippen molar-refractivity contribution in [3.05, 3.63) is 193 Å². The molecule has 0 saturated carbocycles. The first kappa shape index (κ1) is 34.3. The van der Waals surface area contributed by atoms with E-state index in [-0.39, 0.29) is 13.5 Å². The first-order chi connectivity index (χ1) is 22.0. The van der Waals surface area contributed by atoms with Crippen LogP contribution in [0.25, 0.3) is 0 Å². The minimum atomic E-state index is -3.02. The van der Waals surface area contributed by atoms with Crippen LogP contribution in [0.15, 0.2) is 187 Å². The maximum atomic E-state index is 13.9. The van der Waals surface area contributed by atoms with E-state index in [0.717, 1.165) is 32.3 Å². The van der Waals surface area contributed by atoms with E-state index < -0.39 is 14.6 Å². The summed E-state index contributed by atoms with van der Waals surface area (Å²) in [5.41, 5.74) is 2.06. The second-order valence-electron chi connectivity index (χ2n) is 10.4. The lowest BCUT2D eigenvalue weighted by molar-refractivity contribution is 0.568. The minimum Gasteiger partial charge on any atom is -0.297 e. The monoisotopic (exact) mass is 642 g/mol. The average Bonchev–Trinajstić information content (AvgIpc) is 3.13. The van der Waals surface area contributed by atoms with Gasteiger partial charge in [0.25, 0.3) is 0 Å². The fraction of sp³-hybridized carbons (Fsp3) is 0.0750. The van der Waals surface area contributed by atoms with E-state index in [2.05, 4.69) is 22.0 Å². The normalized spacial score (nSPS) is 11.9. The van der Waals surface area contributed by atoms with Crippen LogP contribution in [0.5, 0.6) is 0 Å². The largest absolute Gasteiger partial charge is 0.297 e. The third-order valence-corrected chi connectivity index (χ3v) is 12.5. The summed E-state index contributed by atoms with van der Waals surface area (Å²) in [7, 11) is -5.92. The van der Waals surface area contributed by atoms with E-state index in [1.54, 1.807) is 6.21 Å². The molecule has 0 bridgehead atoms. The summed E-state index contributed by atoms with van der Waals surface area (Å²) < 4.78 is 32.0. The molecule has 6 heteroatoms. The predicted octanol–water partition coefficient (Wildman–Crippen LogP) is 8.94. The van der Waals surface area contributed by atoms with Crippen molar-refractivity contribution in [1.82, 2.24) is 5.09 Å². The van der Waals surface area contributed by atoms with E-state index in [0.29, 0.717) is 0 Å². The van der Waals surface area contributed by atoms with Gasteiger partial charge in [0.2, 0.25) is 14.6 Å². The molecule has 0 fully saturated rings. The molecule has 0 saturated heterocycles. The summed E-state index contributed by atoms with van der Waals surface area (Å²) in [4.78, 5) is 0. The molecule has 1 atom stereocenters. The highest BCUT2D eigenvalue weighted by Crippen LogP contribution is 2.45. The number of rotatable bonds is 9. The van der Waals surface area contributed by atoms with Gasteiger partial charge in [0.05, 0.1) is 0 Å². The van der Waals surface area contributed by atoms with E-state index >= 15 is 0 Å². The molecular weight excluding hydrogens is 602 g/mol. The highest BCUT2D eigenvalue weighted by molar-refractivity contribution is 7.77. The molecule has 0 aliphatic heterocycles. The quantitative estimate of drug-likeness (QED) is 0.127. The second kappa shape index (κ2) is 16.6. The van der Waals surface area contributed by atoms with Crippen molar-refractivity contribution in [3.8, 4) is 0 Å². The van der Waals surface area contributed by atoms with Crippen LogP contribution in [-0.2, 0) is 9.13 Å². The summed E-state index contributed by atoms with van der Waals surface area (Å²) in [6.45, 7) is 2.05. The number of benzene rings is 6. The maximum Gasteiger partial charge on any atom is 0.247 e. The third kappa shape index (κ3) is 8.56. The van der Waals surface area contributed by atoms with E-state index in [1.807, 2.05) is 177 Å². The van der Waals surface area contributed by atoms with E-state index in [1.165, 1.54) is 0 Å². The Morgan fingerprint density at radius 3 is 1.22 bits per heavy atom. The van der Waals surface area contributed by atoms with Crippen molar-refractivity contribution in [1.29, 1.82) is 0 Å². The first-order valence-electron chi connectivity index (χ1n) is 14.8. The summed E-state index contributed by atoms with van der Waals surface area (Å²) in [5.74, 6) is 0. The van der Waals surface area contributed by atoms with Gasteiger partial charge in [-0.3, -0.25) is 14.2 Å². The lowest BCUT2D eigenvalue weighted by Gasteiger charge is -2.25. The van der Waals surface area contributed by atoms with Gasteiger partial charge in [0.15, 0.2) is 0 Å². The van der Waals surface area contributed by atoms with Crippen LogP contribution in [0.4, 0.5) is 0 Å². The Bertz CT molecular complexity index is 1780. The Hall–Kier alpha value is -4.59. The van der Waals surface area contributed by atoms with Crippen LogP contribution in [-0.4, -0.2) is 6.21 Å². The van der Waals surface area contributed by atoms with Crippen LogP contribution in [0.3, 0.4) is 0 Å². The molecule has 6 aromatic carbocycles. The summed E-state index contributed by atoms with van der Waals surface area (Å²) in [6.07, 6.45) is 1.70. The topological polar surface area (TPSA) is 58.5 Å². The first-order valence-corrected chi connectivity index (χ1v) is 18.2. The number of nitrogens with zero attached hydrogens (tertiary/aromatic N) is 1. The van der Waals surface area contributed by atoms with Crippen molar-refractivity contribution in [3.63, 3.8) is 0 Å². The zero-order chi connectivity index (χ0) is 31.4. The van der Waals surface area contributed by atoms with Crippen molar-refractivity contribution in [2.45, 2.75) is 20.4 Å². The van der Waals surface area contributed by atoms with Gasteiger partial charge in [-0.15, -0.1) is 0 Å². The average molecular weight is 643 g/mol. The molecule has 4 nitrogen and oxygen atoms in total. The number of nitrogens with one attached hydrogen (secondary N) is 1. The van der Waals surface area contributed by atoms with Crippen molar-refractivity contribution in [2.24, 2.45) is 4.76 Å². The van der Waals surface area contributed by atoms with Gasteiger partial charge in [0.1, 0.15) is 0 Å². The van der Waals surface area contributed by atoms with Gasteiger partial charge in [-0.2, -0.15) is 0 Å². The molecule has 232 valence electrons. The fourth-order valence-electron chi connectivity index (χ4n) is 4.89. The maximum absolute atomic E-state index is 13.9. The number of hydrogen-bond acceptors (Lipinski definition) is 2. The van der Waals surface area contributed by atoms with Crippen LogP contribution >= 0.6 is 14.6 Å². The predicted molar refractivity (Wildman–Crippen MR) is 198 cm³/mol. The Morgan fingerprint density at radius 1 is 0.500 bits per heavy atom. The standard InChI is InChI=1S/C20H20NOP.C19H16NOP.CH4/c1-17(18-11-5-2-6-12-18)21-23(22,19-13-7-3-8-14-19)20-15-9-4-10-16-20;21-22(18-12-6-2-7-13-18,19-14-8-3-9-15-19)20-16-17-10-4-1-5-11-17;/h2-17H,1H3,(H,21,22);1-16H;1H4. The van der Waals surface area contributed by atoms with Crippen LogP contribution in [0, 0.1) is 0 Å². The molecule has 46 heavy (non-hydrogen) atoms. The molecule has 0 aromatic heterocycles. The molecule has 6 rings (SSSR count). The smallest absolute Gasteiger partial charge is 0.247 e. The van der Waals surface area contributed by atoms with Gasteiger partial charge in [-0.25, -0.2) is 4.76 Å². The third-order valence-electron chi connectivity index (χ3n) is 7.30. The zero-order valence-corrected chi connectivity index (χ0v) is 26.9. The Balaban J connectivity index is 0.000000205. The molecule has 0 aliphatic rings. The highest BCUT2D eigenvalue weighted by Gasteiger charge is 2.29. The fourth-order valence-corrected chi connectivity index (χ4v) is 9.38. The zero-order valence-electron chi connectivity index (χ0n) is 25.1. The molecule has 1 N–H and O–H groups in total. The number of hydrogen-bond donors (Lipinski definition) is 1. The molecule has 0 aliphatic carbocycles. The summed E-state index contributed by atoms with van der Waals surface area (Å²) in [5, 5.41) is 6.54. The highest BCUT2D eigenvalue weighted by atomic mass is 31.2. The van der Waals surface area contributed by atoms with Crippen LogP contribution in [0.1, 0.15) is 31.5 Å². The van der Waals surface area contributed by atoms with Crippen molar-refractivity contribution < 1.29 is 9.13 Å². The van der Waals surface area contributed by atoms with E-state index in [4.69, 9.17) is 0 Å². The molecule has 0 spiro atoms. The lowest BCUT2D eigenvalue weighted by Crippen LogP contribution is -2.29. The summed E-state index contributed by atoms with van der Waals surface area (Å²) in [6, 6.07) is 58.0. The minimum absolute atomic E-state index is 0. The van der Waals surface area contributed by atoms with Gasteiger partial charge >= 0.3 is 0 Å². The molecule has 6 aromatic rings. The molecule has 1 unspecified atom stereocenters. The Kier molecular flexibility index (Phi) is 12.4. The van der Waals surface area contributed by atoms with Crippen molar-refractivity contribution in [2.75, 3.05) is 0 Å². The van der Waals surface area contributed by atoms with Gasteiger partial charge in [0, 0.05) is 33.5 Å². The van der Waals surface area contributed by atoms with Crippen LogP contribution < -0.4 is 26.3 Å². The van der Waals surface area contributed by atoms with Gasteiger partial charge in [-0.05, 0) is 66.6 Å². The van der Waals surface area contributed by atoms with Crippen LogP contribution in [0.2, 0.25) is 0 Å². The molecule has 0 heterocycles. The molecular formula is C40H40N2O2P2. The molecule has 0 amide bonds. The molecule has 0 radical (unpaired) electrons. The van der Waals surface area contributed by atoms with E-state index in [9.17, 15) is 9.13 Å². The lowest BCUT2D eigenvalue weighted by atomic mass is 10.1. The Morgan fingerprint density at radius 2 is 0.826 bits per heavy atom. The second-order valence-corrected chi connectivity index (χ2v) is 15.4. The van der Waals surface area contributed by atoms with Gasteiger partial charge < -0.3 is 0 Å².